The Morgan fingerprint density at radius 1 is 1.43 bits per heavy atom. The molecule has 1 aliphatic rings. The van der Waals surface area contributed by atoms with Gasteiger partial charge in [0.05, 0.1) is 0 Å². The highest BCUT2D eigenvalue weighted by Crippen LogP contribution is 2.23. The normalized spacial score (nSPS) is 17.1. The molecule has 0 saturated heterocycles. The molecule has 1 fully saturated rings. The van der Waals surface area contributed by atoms with Crippen molar-refractivity contribution in [2.45, 2.75) is 51.8 Å². The van der Waals surface area contributed by atoms with Crippen molar-refractivity contribution in [3.05, 3.63) is 29.6 Å². The van der Waals surface area contributed by atoms with E-state index in [1.165, 1.54) is 6.07 Å². The van der Waals surface area contributed by atoms with Gasteiger partial charge in [-0.2, -0.15) is 0 Å². The molecule has 21 heavy (non-hydrogen) atoms. The summed E-state index contributed by atoms with van der Waals surface area (Å²) >= 11 is 0. The van der Waals surface area contributed by atoms with Gasteiger partial charge in [0.1, 0.15) is 11.6 Å². The van der Waals surface area contributed by atoms with Crippen LogP contribution in [0.1, 0.15) is 45.2 Å². The third-order valence-electron chi connectivity index (χ3n) is 3.55. The lowest BCUT2D eigenvalue weighted by atomic mass is 10.1. The van der Waals surface area contributed by atoms with E-state index in [2.05, 4.69) is 10.6 Å². The van der Waals surface area contributed by atoms with Crippen LogP contribution in [0, 0.1) is 5.82 Å². The maximum absolute atomic E-state index is 14.1. The number of amides is 1. The van der Waals surface area contributed by atoms with Crippen LogP contribution >= 0.6 is 0 Å². The number of ether oxygens (including phenoxy) is 1. The van der Waals surface area contributed by atoms with Crippen LogP contribution in [-0.2, 0) is 4.79 Å². The van der Waals surface area contributed by atoms with Crippen LogP contribution in [0.25, 0.3) is 0 Å². The van der Waals surface area contributed by atoms with E-state index in [1.807, 2.05) is 13.8 Å². The quantitative estimate of drug-likeness (QED) is 0.812. The number of hydrogen-bond acceptors (Lipinski definition) is 3. The average Bonchev–Trinajstić information content (AvgIpc) is 3.22. The Morgan fingerprint density at radius 3 is 2.71 bits per heavy atom. The van der Waals surface area contributed by atoms with Gasteiger partial charge in [0, 0.05) is 23.7 Å². The number of nitrogens with one attached hydrogen (secondary N) is 2. The minimum absolute atomic E-state index is 0.0559. The molecule has 1 saturated carbocycles. The van der Waals surface area contributed by atoms with E-state index < -0.39 is 6.10 Å². The van der Waals surface area contributed by atoms with Gasteiger partial charge in [0.2, 0.25) is 0 Å². The first kappa shape index (κ1) is 15.8. The number of carbonyl (C=O) groups is 1. The lowest BCUT2D eigenvalue weighted by Gasteiger charge is -2.17. The van der Waals surface area contributed by atoms with Crippen molar-refractivity contribution in [1.82, 2.24) is 10.6 Å². The van der Waals surface area contributed by atoms with Crippen molar-refractivity contribution in [2.75, 3.05) is 6.54 Å². The minimum atomic E-state index is -0.623. The fourth-order valence-corrected chi connectivity index (χ4v) is 2.15. The third kappa shape index (κ3) is 4.43. The highest BCUT2D eigenvalue weighted by atomic mass is 19.1. The van der Waals surface area contributed by atoms with Crippen LogP contribution < -0.4 is 15.4 Å². The van der Waals surface area contributed by atoms with Gasteiger partial charge in [-0.25, -0.2) is 4.39 Å². The van der Waals surface area contributed by atoms with Crippen LogP contribution in [0.4, 0.5) is 4.39 Å². The molecule has 2 unspecified atom stereocenters. The smallest absolute Gasteiger partial charge is 0.260 e. The second kappa shape index (κ2) is 6.89. The number of rotatable bonds is 7. The zero-order valence-corrected chi connectivity index (χ0v) is 12.8. The predicted molar refractivity (Wildman–Crippen MR) is 79.7 cm³/mol. The zero-order valence-electron chi connectivity index (χ0n) is 12.8. The Kier molecular flexibility index (Phi) is 5.17. The van der Waals surface area contributed by atoms with Crippen molar-refractivity contribution in [1.29, 1.82) is 0 Å². The van der Waals surface area contributed by atoms with E-state index >= 15 is 0 Å². The van der Waals surface area contributed by atoms with Gasteiger partial charge in [-0.15, -0.1) is 0 Å². The largest absolute Gasteiger partial charge is 0.481 e. The van der Waals surface area contributed by atoms with Crippen LogP contribution in [0.15, 0.2) is 18.2 Å². The second-order valence-corrected chi connectivity index (χ2v) is 5.51. The van der Waals surface area contributed by atoms with Gasteiger partial charge in [-0.05, 0) is 39.3 Å². The molecule has 4 nitrogen and oxygen atoms in total. The summed E-state index contributed by atoms with van der Waals surface area (Å²) in [5, 5.41) is 6.03. The lowest BCUT2D eigenvalue weighted by molar-refractivity contribution is -0.127. The first-order chi connectivity index (χ1) is 10.0. The number of hydrogen-bond donors (Lipinski definition) is 2. The van der Waals surface area contributed by atoms with Gasteiger partial charge in [-0.3, -0.25) is 4.79 Å². The van der Waals surface area contributed by atoms with E-state index in [9.17, 15) is 9.18 Å². The van der Waals surface area contributed by atoms with Crippen LogP contribution in [0.2, 0.25) is 0 Å². The van der Waals surface area contributed by atoms with Crippen LogP contribution in [0.3, 0.4) is 0 Å². The van der Waals surface area contributed by atoms with Crippen molar-refractivity contribution in [3.8, 4) is 5.75 Å². The third-order valence-corrected chi connectivity index (χ3v) is 3.55. The molecule has 0 bridgehead atoms. The second-order valence-electron chi connectivity index (χ2n) is 5.51. The Morgan fingerprint density at radius 2 is 2.14 bits per heavy atom. The summed E-state index contributed by atoms with van der Waals surface area (Å²) in [6.45, 7) is 6.34. The number of carbonyl (C=O) groups excluding carboxylic acids is 1. The van der Waals surface area contributed by atoms with Crippen molar-refractivity contribution >= 4 is 5.91 Å². The molecule has 1 aromatic carbocycles. The molecule has 2 atom stereocenters. The molecule has 5 heteroatoms. The first-order valence-electron chi connectivity index (χ1n) is 7.51. The van der Waals surface area contributed by atoms with Gasteiger partial charge in [-0.1, -0.05) is 13.0 Å². The molecule has 1 aromatic rings. The summed E-state index contributed by atoms with van der Waals surface area (Å²) in [6.07, 6.45) is 1.44. The molecule has 0 aromatic heterocycles. The van der Waals surface area contributed by atoms with Gasteiger partial charge < -0.3 is 15.4 Å². The summed E-state index contributed by atoms with van der Waals surface area (Å²) in [5.41, 5.74) is 0.597. The van der Waals surface area contributed by atoms with Crippen molar-refractivity contribution < 1.29 is 13.9 Å². The molecular formula is C16H23FN2O2. The fraction of sp³-hybridized carbons (Fsp3) is 0.562. The molecule has 0 heterocycles. The summed E-state index contributed by atoms with van der Waals surface area (Å²) in [6, 6.07) is 4.98. The summed E-state index contributed by atoms with van der Waals surface area (Å²) < 4.78 is 19.6. The molecule has 1 aliphatic carbocycles. The zero-order chi connectivity index (χ0) is 15.4. The fourth-order valence-electron chi connectivity index (χ4n) is 2.15. The summed E-state index contributed by atoms with van der Waals surface area (Å²) in [5.74, 6) is -0.0999. The lowest BCUT2D eigenvalue weighted by Crippen LogP contribution is -2.37. The standard InChI is InChI=1S/C16H23FN2O2/c1-4-18-10(2)14-8-7-13(9-15(14)17)21-11(3)16(20)19-12-5-6-12/h7-12,18H,4-6H2,1-3H3,(H,19,20). The summed E-state index contributed by atoms with van der Waals surface area (Å²) in [4.78, 5) is 11.8. The SMILES string of the molecule is CCNC(C)c1ccc(OC(C)C(=O)NC2CC2)cc1F. The molecule has 0 spiro atoms. The molecule has 0 radical (unpaired) electrons. The first-order valence-corrected chi connectivity index (χ1v) is 7.51. The highest BCUT2D eigenvalue weighted by Gasteiger charge is 2.26. The molecule has 2 N–H and O–H groups in total. The molecule has 0 aliphatic heterocycles. The monoisotopic (exact) mass is 294 g/mol. The average molecular weight is 294 g/mol. The molecular weight excluding hydrogens is 271 g/mol. The van der Waals surface area contributed by atoms with Crippen LogP contribution in [-0.4, -0.2) is 24.6 Å². The van der Waals surface area contributed by atoms with E-state index in [0.29, 0.717) is 17.4 Å². The van der Waals surface area contributed by atoms with E-state index in [4.69, 9.17) is 4.74 Å². The van der Waals surface area contributed by atoms with Crippen molar-refractivity contribution in [3.63, 3.8) is 0 Å². The minimum Gasteiger partial charge on any atom is -0.481 e. The maximum atomic E-state index is 14.1. The predicted octanol–water partition coefficient (Wildman–Crippen LogP) is 2.54. The van der Waals surface area contributed by atoms with Gasteiger partial charge >= 0.3 is 0 Å². The Labute approximate surface area is 125 Å². The highest BCUT2D eigenvalue weighted by molar-refractivity contribution is 5.81. The Bertz CT molecular complexity index is 503. The van der Waals surface area contributed by atoms with E-state index in [-0.39, 0.29) is 17.8 Å². The van der Waals surface area contributed by atoms with Gasteiger partial charge in [0.15, 0.2) is 6.10 Å². The van der Waals surface area contributed by atoms with E-state index in [0.717, 1.165) is 19.4 Å². The Balaban J connectivity index is 1.97. The topological polar surface area (TPSA) is 50.4 Å². The number of halogens is 1. The molecule has 2 rings (SSSR count). The van der Waals surface area contributed by atoms with Gasteiger partial charge in [0.25, 0.3) is 5.91 Å². The van der Waals surface area contributed by atoms with Crippen molar-refractivity contribution in [2.24, 2.45) is 0 Å². The summed E-state index contributed by atoms with van der Waals surface area (Å²) in [7, 11) is 0. The Hall–Kier alpha value is -1.62. The van der Waals surface area contributed by atoms with Crippen LogP contribution in [0.5, 0.6) is 5.75 Å². The maximum Gasteiger partial charge on any atom is 0.260 e. The van der Waals surface area contributed by atoms with E-state index in [1.54, 1.807) is 19.1 Å². The molecule has 1 amide bonds. The number of benzene rings is 1. The molecule has 116 valence electrons.